The van der Waals surface area contributed by atoms with Crippen LogP contribution in [0.4, 0.5) is 10.1 Å². The summed E-state index contributed by atoms with van der Waals surface area (Å²) in [6.45, 7) is 3.35. The molecule has 0 radical (unpaired) electrons. The van der Waals surface area contributed by atoms with Crippen molar-refractivity contribution in [3.05, 3.63) is 76.7 Å². The normalized spacial score (nSPS) is 10.7. The van der Waals surface area contributed by atoms with Gasteiger partial charge in [-0.1, -0.05) is 24.3 Å². The zero-order valence-electron chi connectivity index (χ0n) is 15.0. The van der Waals surface area contributed by atoms with E-state index in [0.717, 1.165) is 17.2 Å². The molecule has 0 fully saturated rings. The van der Waals surface area contributed by atoms with Crippen molar-refractivity contribution in [3.8, 4) is 17.0 Å². The molecule has 3 rings (SSSR count). The molecule has 0 atom stereocenters. The van der Waals surface area contributed by atoms with Gasteiger partial charge in [0.2, 0.25) is 0 Å². The SMILES string of the molecule is Cc1ccccc1NC(=O)c1cc(F)c(-c2ccc(C)c(CO)n2)cc1O. The highest BCUT2D eigenvalue weighted by molar-refractivity contribution is 6.06. The van der Waals surface area contributed by atoms with Crippen LogP contribution in [0.3, 0.4) is 0 Å². The quantitative estimate of drug-likeness (QED) is 0.653. The van der Waals surface area contributed by atoms with Gasteiger partial charge >= 0.3 is 0 Å². The maximum Gasteiger partial charge on any atom is 0.259 e. The molecule has 0 aliphatic rings. The van der Waals surface area contributed by atoms with Gasteiger partial charge in [-0.15, -0.1) is 0 Å². The fraction of sp³-hybridized carbons (Fsp3) is 0.143. The van der Waals surface area contributed by atoms with Crippen LogP contribution < -0.4 is 5.32 Å². The Hall–Kier alpha value is -3.25. The van der Waals surface area contributed by atoms with Gasteiger partial charge in [0.25, 0.3) is 5.91 Å². The number of rotatable bonds is 4. The summed E-state index contributed by atoms with van der Waals surface area (Å²) in [5.74, 6) is -1.66. The standard InChI is InChI=1S/C21H19FN2O3/c1-12-5-3-4-6-17(12)24-21(27)15-9-16(22)14(10-20(15)26)18-8-7-13(2)19(11-25)23-18/h3-10,25-26H,11H2,1-2H3,(H,24,27). The fourth-order valence-electron chi connectivity index (χ4n) is 2.72. The molecule has 0 bridgehead atoms. The molecule has 0 saturated carbocycles. The van der Waals surface area contributed by atoms with E-state index in [0.29, 0.717) is 11.4 Å². The summed E-state index contributed by atoms with van der Waals surface area (Å²) in [6.07, 6.45) is 0. The average molecular weight is 366 g/mol. The van der Waals surface area contributed by atoms with E-state index in [4.69, 9.17) is 0 Å². The van der Waals surface area contributed by atoms with E-state index >= 15 is 0 Å². The second-order valence-corrected chi connectivity index (χ2v) is 6.24. The first-order chi connectivity index (χ1) is 12.9. The lowest BCUT2D eigenvalue weighted by molar-refractivity contribution is 0.102. The molecule has 0 unspecified atom stereocenters. The van der Waals surface area contributed by atoms with Crippen molar-refractivity contribution in [1.82, 2.24) is 4.98 Å². The highest BCUT2D eigenvalue weighted by Gasteiger charge is 2.18. The van der Waals surface area contributed by atoms with Crippen LogP contribution in [-0.4, -0.2) is 21.1 Å². The number of amides is 1. The minimum Gasteiger partial charge on any atom is -0.507 e. The molecular weight excluding hydrogens is 347 g/mol. The Balaban J connectivity index is 1.95. The molecule has 0 aliphatic carbocycles. The first kappa shape index (κ1) is 18.5. The lowest BCUT2D eigenvalue weighted by Crippen LogP contribution is -2.13. The van der Waals surface area contributed by atoms with Crippen molar-refractivity contribution >= 4 is 11.6 Å². The molecular formula is C21H19FN2O3. The number of nitrogens with zero attached hydrogens (tertiary/aromatic N) is 1. The zero-order chi connectivity index (χ0) is 19.6. The molecule has 0 saturated heterocycles. The molecule has 1 heterocycles. The third kappa shape index (κ3) is 3.80. The number of hydrogen-bond donors (Lipinski definition) is 3. The van der Waals surface area contributed by atoms with Crippen LogP contribution in [0.15, 0.2) is 48.5 Å². The van der Waals surface area contributed by atoms with Crippen molar-refractivity contribution in [2.24, 2.45) is 0 Å². The number of aliphatic hydroxyl groups is 1. The number of aromatic hydroxyl groups is 1. The fourth-order valence-corrected chi connectivity index (χ4v) is 2.72. The highest BCUT2D eigenvalue weighted by atomic mass is 19.1. The van der Waals surface area contributed by atoms with E-state index in [1.165, 1.54) is 6.07 Å². The smallest absolute Gasteiger partial charge is 0.259 e. The summed E-state index contributed by atoms with van der Waals surface area (Å²) < 4.78 is 14.6. The molecule has 1 amide bonds. The number of para-hydroxylation sites is 1. The Morgan fingerprint density at radius 2 is 1.85 bits per heavy atom. The summed E-state index contributed by atoms with van der Waals surface area (Å²) in [6, 6.07) is 12.6. The maximum absolute atomic E-state index is 14.6. The van der Waals surface area contributed by atoms with E-state index in [9.17, 15) is 19.4 Å². The monoisotopic (exact) mass is 366 g/mol. The molecule has 3 aromatic rings. The van der Waals surface area contributed by atoms with Gasteiger partial charge < -0.3 is 15.5 Å². The summed E-state index contributed by atoms with van der Waals surface area (Å²) in [4.78, 5) is 16.7. The number of phenols is 1. The van der Waals surface area contributed by atoms with E-state index < -0.39 is 11.7 Å². The van der Waals surface area contributed by atoms with E-state index in [1.807, 2.05) is 19.1 Å². The van der Waals surface area contributed by atoms with Crippen LogP contribution in [0.2, 0.25) is 0 Å². The molecule has 3 N–H and O–H groups in total. The van der Waals surface area contributed by atoms with Crippen LogP contribution in [0.1, 0.15) is 27.2 Å². The number of aliphatic hydroxyl groups excluding tert-OH is 1. The number of benzene rings is 2. The molecule has 27 heavy (non-hydrogen) atoms. The number of phenolic OH excluding ortho intramolecular Hbond substituents is 1. The van der Waals surface area contributed by atoms with Crippen molar-refractivity contribution in [2.75, 3.05) is 5.32 Å². The largest absolute Gasteiger partial charge is 0.507 e. The number of nitrogens with one attached hydrogen (secondary N) is 1. The molecule has 1 aromatic heterocycles. The van der Waals surface area contributed by atoms with Gasteiger partial charge in [-0.2, -0.15) is 0 Å². The van der Waals surface area contributed by atoms with Gasteiger partial charge in [-0.05, 0) is 49.2 Å². The maximum atomic E-state index is 14.6. The molecule has 138 valence electrons. The van der Waals surface area contributed by atoms with Crippen LogP contribution in [0, 0.1) is 19.7 Å². The minimum absolute atomic E-state index is 0.0506. The summed E-state index contributed by atoms with van der Waals surface area (Å²) >= 11 is 0. The highest BCUT2D eigenvalue weighted by Crippen LogP contribution is 2.30. The second-order valence-electron chi connectivity index (χ2n) is 6.24. The first-order valence-corrected chi connectivity index (χ1v) is 8.38. The predicted octanol–water partition coefficient (Wildman–Crippen LogP) is 3.95. The number of halogens is 1. The number of aryl methyl sites for hydroxylation is 2. The number of carbonyl (C=O) groups excluding carboxylic acids is 1. The van der Waals surface area contributed by atoms with Crippen molar-refractivity contribution in [3.63, 3.8) is 0 Å². The summed E-state index contributed by atoms with van der Waals surface area (Å²) in [7, 11) is 0. The van der Waals surface area contributed by atoms with Crippen LogP contribution in [0.5, 0.6) is 5.75 Å². The van der Waals surface area contributed by atoms with Crippen molar-refractivity contribution < 1.29 is 19.4 Å². The topological polar surface area (TPSA) is 82.5 Å². The minimum atomic E-state index is -0.692. The number of pyridine rings is 1. The summed E-state index contributed by atoms with van der Waals surface area (Å²) in [5.41, 5.74) is 2.78. The predicted molar refractivity (Wildman–Crippen MR) is 101 cm³/mol. The van der Waals surface area contributed by atoms with Gasteiger partial charge in [0, 0.05) is 11.3 Å². The van der Waals surface area contributed by atoms with E-state index in [-0.39, 0.29) is 29.2 Å². The van der Waals surface area contributed by atoms with Crippen molar-refractivity contribution in [1.29, 1.82) is 0 Å². The number of hydrogen-bond acceptors (Lipinski definition) is 4. The van der Waals surface area contributed by atoms with Crippen molar-refractivity contribution in [2.45, 2.75) is 20.5 Å². The molecule has 5 nitrogen and oxygen atoms in total. The van der Waals surface area contributed by atoms with Crippen LogP contribution >= 0.6 is 0 Å². The zero-order valence-corrected chi connectivity index (χ0v) is 15.0. The van der Waals surface area contributed by atoms with Crippen LogP contribution in [-0.2, 0) is 6.61 Å². The van der Waals surface area contributed by atoms with Gasteiger partial charge in [0.05, 0.1) is 23.6 Å². The molecule has 0 aliphatic heterocycles. The number of aromatic nitrogens is 1. The summed E-state index contributed by atoms with van der Waals surface area (Å²) in [5, 5.41) is 22.3. The third-order valence-corrected chi connectivity index (χ3v) is 4.35. The lowest BCUT2D eigenvalue weighted by Gasteiger charge is -2.12. The van der Waals surface area contributed by atoms with Gasteiger partial charge in [-0.3, -0.25) is 4.79 Å². The lowest BCUT2D eigenvalue weighted by atomic mass is 10.0. The van der Waals surface area contributed by atoms with E-state index in [1.54, 1.807) is 31.2 Å². The third-order valence-electron chi connectivity index (χ3n) is 4.35. The average Bonchev–Trinajstić information content (AvgIpc) is 2.65. The number of carbonyl (C=O) groups is 1. The molecule has 2 aromatic carbocycles. The Bertz CT molecular complexity index is 1020. The van der Waals surface area contributed by atoms with Crippen LogP contribution in [0.25, 0.3) is 11.3 Å². The van der Waals surface area contributed by atoms with E-state index in [2.05, 4.69) is 10.3 Å². The molecule has 0 spiro atoms. The molecule has 6 heteroatoms. The Labute approximate surface area is 156 Å². The first-order valence-electron chi connectivity index (χ1n) is 8.38. The van der Waals surface area contributed by atoms with Gasteiger partial charge in [0.1, 0.15) is 11.6 Å². The Kier molecular flexibility index (Phi) is 5.19. The van der Waals surface area contributed by atoms with Gasteiger partial charge in [0.15, 0.2) is 0 Å². The Morgan fingerprint density at radius 1 is 1.11 bits per heavy atom. The number of anilines is 1. The van der Waals surface area contributed by atoms with Gasteiger partial charge in [-0.25, -0.2) is 9.37 Å². The Morgan fingerprint density at radius 3 is 2.56 bits per heavy atom. The second kappa shape index (κ2) is 7.55.